The molecule has 1 fully saturated rings. The molecule has 1 N–H and O–H groups in total. The molecule has 2 heterocycles. The summed E-state index contributed by atoms with van der Waals surface area (Å²) in [4.78, 5) is 4.90. The van der Waals surface area contributed by atoms with Crippen molar-refractivity contribution in [3.8, 4) is 0 Å². The molecule has 0 aliphatic carbocycles. The van der Waals surface area contributed by atoms with Gasteiger partial charge in [-0.25, -0.2) is 0 Å². The molecule has 3 rings (SSSR count). The van der Waals surface area contributed by atoms with Crippen LogP contribution < -0.4 is 4.90 Å². The third-order valence-corrected chi connectivity index (χ3v) is 4.18. The number of H-pyrrole nitrogens is 1. The maximum Gasteiger partial charge on any atom is 0.0765 e. The quantitative estimate of drug-likeness (QED) is 0.937. The summed E-state index contributed by atoms with van der Waals surface area (Å²) in [6.07, 6.45) is 0. The van der Waals surface area contributed by atoms with Gasteiger partial charge in [-0.05, 0) is 31.2 Å². The molecule has 1 aromatic heterocycles. The fourth-order valence-electron chi connectivity index (χ4n) is 2.62. The minimum Gasteiger partial charge on any atom is -0.369 e. The van der Waals surface area contributed by atoms with Crippen LogP contribution in [0, 0.1) is 6.92 Å². The third-order valence-electron chi connectivity index (χ3n) is 3.69. The van der Waals surface area contributed by atoms with E-state index in [1.54, 1.807) is 0 Å². The van der Waals surface area contributed by atoms with Crippen LogP contribution in [0.3, 0.4) is 0 Å². The average Bonchev–Trinajstić information content (AvgIpc) is 2.85. The number of hydrogen-bond acceptors (Lipinski definition) is 3. The van der Waals surface area contributed by atoms with Crippen molar-refractivity contribution in [2.45, 2.75) is 13.5 Å². The van der Waals surface area contributed by atoms with Crippen LogP contribution in [0.25, 0.3) is 0 Å². The second-order valence-corrected chi connectivity index (χ2v) is 6.20. The number of aromatic amines is 1. The summed E-state index contributed by atoms with van der Waals surface area (Å²) in [6, 6.07) is 10.7. The standard InChI is InChI=1S/C15H19BrN4/c1-12-9-14(18-17-12)11-19-5-7-20(8-6-19)15-4-2-3-13(16)10-15/h2-4,9-10H,5-8,11H2,1H3,(H,17,18). The molecule has 106 valence electrons. The molecule has 0 radical (unpaired) electrons. The van der Waals surface area contributed by atoms with E-state index in [1.165, 1.54) is 5.69 Å². The zero-order chi connectivity index (χ0) is 13.9. The van der Waals surface area contributed by atoms with Gasteiger partial charge in [0.2, 0.25) is 0 Å². The van der Waals surface area contributed by atoms with Crippen LogP contribution in [0.2, 0.25) is 0 Å². The third kappa shape index (κ3) is 3.22. The van der Waals surface area contributed by atoms with Crippen molar-refractivity contribution in [1.82, 2.24) is 15.1 Å². The average molecular weight is 335 g/mol. The molecule has 1 aromatic carbocycles. The number of halogens is 1. The molecule has 1 saturated heterocycles. The molecule has 2 aromatic rings. The predicted molar refractivity (Wildman–Crippen MR) is 85.0 cm³/mol. The lowest BCUT2D eigenvalue weighted by Gasteiger charge is -2.35. The molecule has 0 saturated carbocycles. The Hall–Kier alpha value is -1.33. The normalized spacial score (nSPS) is 16.6. The highest BCUT2D eigenvalue weighted by molar-refractivity contribution is 9.10. The van der Waals surface area contributed by atoms with Crippen molar-refractivity contribution < 1.29 is 0 Å². The lowest BCUT2D eigenvalue weighted by atomic mass is 10.2. The first-order chi connectivity index (χ1) is 9.70. The maximum atomic E-state index is 4.31. The van der Waals surface area contributed by atoms with Crippen molar-refractivity contribution in [3.63, 3.8) is 0 Å². The van der Waals surface area contributed by atoms with Crippen LogP contribution in [0.1, 0.15) is 11.4 Å². The topological polar surface area (TPSA) is 35.2 Å². The van der Waals surface area contributed by atoms with Crippen LogP contribution in [0.4, 0.5) is 5.69 Å². The van der Waals surface area contributed by atoms with Gasteiger partial charge in [-0.2, -0.15) is 5.10 Å². The van der Waals surface area contributed by atoms with Gasteiger partial charge < -0.3 is 4.90 Å². The molecule has 1 aliphatic heterocycles. The molecule has 4 nitrogen and oxygen atoms in total. The molecule has 0 amide bonds. The molecule has 0 spiro atoms. The number of nitrogens with one attached hydrogen (secondary N) is 1. The largest absolute Gasteiger partial charge is 0.369 e. The number of hydrogen-bond donors (Lipinski definition) is 1. The highest BCUT2D eigenvalue weighted by atomic mass is 79.9. The second kappa shape index (κ2) is 5.97. The maximum absolute atomic E-state index is 4.31. The van der Waals surface area contributed by atoms with Crippen LogP contribution in [-0.2, 0) is 6.54 Å². The molecule has 5 heteroatoms. The summed E-state index contributed by atoms with van der Waals surface area (Å²) in [5.41, 5.74) is 3.57. The number of nitrogens with zero attached hydrogens (tertiary/aromatic N) is 3. The molecule has 0 atom stereocenters. The number of aromatic nitrogens is 2. The molecule has 1 aliphatic rings. The lowest BCUT2D eigenvalue weighted by molar-refractivity contribution is 0.247. The Kier molecular flexibility index (Phi) is 4.08. The summed E-state index contributed by atoms with van der Waals surface area (Å²) >= 11 is 3.54. The molecule has 0 bridgehead atoms. The molecular formula is C15H19BrN4. The van der Waals surface area contributed by atoms with Crippen molar-refractivity contribution in [2.24, 2.45) is 0 Å². The van der Waals surface area contributed by atoms with E-state index in [0.717, 1.165) is 48.6 Å². The Bertz CT molecular complexity index is 573. The molecule has 20 heavy (non-hydrogen) atoms. The van der Waals surface area contributed by atoms with Crippen LogP contribution in [-0.4, -0.2) is 41.3 Å². The van der Waals surface area contributed by atoms with Gasteiger partial charge in [0.15, 0.2) is 0 Å². The van der Waals surface area contributed by atoms with E-state index in [1.807, 2.05) is 6.92 Å². The Balaban J connectivity index is 1.57. The van der Waals surface area contributed by atoms with E-state index in [0.29, 0.717) is 0 Å². The zero-order valence-corrected chi connectivity index (χ0v) is 13.2. The number of benzene rings is 1. The summed E-state index contributed by atoms with van der Waals surface area (Å²) in [7, 11) is 0. The zero-order valence-electron chi connectivity index (χ0n) is 11.6. The number of anilines is 1. The fraction of sp³-hybridized carbons (Fsp3) is 0.400. The van der Waals surface area contributed by atoms with Gasteiger partial charge in [0.05, 0.1) is 5.69 Å². The predicted octanol–water partition coefficient (Wildman–Crippen LogP) is 2.80. The first kappa shape index (κ1) is 13.6. The number of rotatable bonds is 3. The lowest BCUT2D eigenvalue weighted by Crippen LogP contribution is -2.46. The smallest absolute Gasteiger partial charge is 0.0765 e. The Labute approximate surface area is 127 Å². The van der Waals surface area contributed by atoms with E-state index in [2.05, 4.69) is 66.3 Å². The van der Waals surface area contributed by atoms with Gasteiger partial charge in [0, 0.05) is 48.6 Å². The van der Waals surface area contributed by atoms with E-state index in [4.69, 9.17) is 0 Å². The first-order valence-corrected chi connectivity index (χ1v) is 7.74. The van der Waals surface area contributed by atoms with Gasteiger partial charge in [0.1, 0.15) is 0 Å². The van der Waals surface area contributed by atoms with Crippen LogP contribution in [0.15, 0.2) is 34.8 Å². The van der Waals surface area contributed by atoms with Crippen LogP contribution >= 0.6 is 15.9 Å². The van der Waals surface area contributed by atoms with Gasteiger partial charge >= 0.3 is 0 Å². The van der Waals surface area contributed by atoms with Gasteiger partial charge in [0.25, 0.3) is 0 Å². The second-order valence-electron chi connectivity index (χ2n) is 5.29. The van der Waals surface area contributed by atoms with E-state index < -0.39 is 0 Å². The Morgan fingerprint density at radius 2 is 2.00 bits per heavy atom. The van der Waals surface area contributed by atoms with Gasteiger partial charge in [-0.1, -0.05) is 22.0 Å². The van der Waals surface area contributed by atoms with Crippen molar-refractivity contribution >= 4 is 21.6 Å². The number of aryl methyl sites for hydroxylation is 1. The number of piperazine rings is 1. The van der Waals surface area contributed by atoms with E-state index in [9.17, 15) is 0 Å². The van der Waals surface area contributed by atoms with Crippen molar-refractivity contribution in [3.05, 3.63) is 46.2 Å². The molecular weight excluding hydrogens is 316 g/mol. The van der Waals surface area contributed by atoms with E-state index >= 15 is 0 Å². The van der Waals surface area contributed by atoms with Gasteiger partial charge in [-0.15, -0.1) is 0 Å². The minimum absolute atomic E-state index is 0.941. The van der Waals surface area contributed by atoms with Crippen molar-refractivity contribution in [2.75, 3.05) is 31.1 Å². The summed E-state index contributed by atoms with van der Waals surface area (Å²) in [6.45, 7) is 7.29. The highest BCUT2D eigenvalue weighted by Crippen LogP contribution is 2.21. The van der Waals surface area contributed by atoms with Crippen LogP contribution in [0.5, 0.6) is 0 Å². The fourth-order valence-corrected chi connectivity index (χ4v) is 3.01. The monoisotopic (exact) mass is 334 g/mol. The van der Waals surface area contributed by atoms with Crippen molar-refractivity contribution in [1.29, 1.82) is 0 Å². The SMILES string of the molecule is Cc1cc(CN2CCN(c3cccc(Br)c3)CC2)n[nH]1. The summed E-state index contributed by atoms with van der Waals surface area (Å²) in [5.74, 6) is 0. The summed E-state index contributed by atoms with van der Waals surface area (Å²) < 4.78 is 1.14. The van der Waals surface area contributed by atoms with Gasteiger partial charge in [-0.3, -0.25) is 10.00 Å². The molecule has 0 unspecified atom stereocenters. The summed E-state index contributed by atoms with van der Waals surface area (Å²) in [5, 5.41) is 7.32. The Morgan fingerprint density at radius 1 is 1.20 bits per heavy atom. The Morgan fingerprint density at radius 3 is 2.65 bits per heavy atom. The minimum atomic E-state index is 0.941. The first-order valence-electron chi connectivity index (χ1n) is 6.94. The highest BCUT2D eigenvalue weighted by Gasteiger charge is 2.18. The van der Waals surface area contributed by atoms with E-state index in [-0.39, 0.29) is 0 Å².